The Morgan fingerprint density at radius 3 is 2.54 bits per heavy atom. The van der Waals surface area contributed by atoms with Crippen molar-refractivity contribution in [1.29, 1.82) is 0 Å². The SMILES string of the molecule is COC(=O)CC[C@@H](C)[C@H]1CC[C@H]2[C@@H]3[C@H](OC(C)=O)C[C@@H]4C[C@H](OCCNc5ccnc6cc(Cl)ccc56)CC[C@]4(C)[C@H]3C[C@H](OC(C)=O)[C@]12C. The lowest BCUT2D eigenvalue weighted by molar-refractivity contribution is -0.224. The van der Waals surface area contributed by atoms with Crippen LogP contribution in [0.3, 0.4) is 0 Å². The Kier molecular flexibility index (Phi) is 11.0. The summed E-state index contributed by atoms with van der Waals surface area (Å²) in [7, 11) is 1.43. The molecule has 1 aromatic heterocycles. The molecule has 1 heterocycles. The summed E-state index contributed by atoms with van der Waals surface area (Å²) in [6.45, 7) is 11.3. The molecule has 4 aliphatic rings. The molecule has 0 aliphatic heterocycles. The summed E-state index contributed by atoms with van der Waals surface area (Å²) in [6, 6.07) is 7.72. The number of pyridine rings is 1. The summed E-state index contributed by atoms with van der Waals surface area (Å²) >= 11 is 6.17. The lowest BCUT2D eigenvalue weighted by Crippen LogP contribution is -2.63. The number of methoxy groups -OCH3 is 1. The maximum atomic E-state index is 12.7. The number of carbonyl (C=O) groups excluding carboxylic acids is 3. The number of benzene rings is 1. The second-order valence-corrected chi connectivity index (χ2v) is 16.5. The second-order valence-electron chi connectivity index (χ2n) is 16.1. The standard InChI is InChI=1S/C40H55ClN2O7/c1-23(7-12-37(46)47-6)30-10-11-31-38-32(22-36(40(30,31)5)50-25(3)45)39(4)15-13-28(19-26(39)20-35(38)49-24(2)44)48-18-17-43-33-14-16-42-34-21-27(41)8-9-29(33)34/h8-9,14,16,21,23,26,28,30-32,35-36,38H,7,10-13,15,17-20,22H2,1-6H3,(H,42,43)/t23-,26+,28-,30-,31+,32+,35-,36+,38+,39+,40-/m1/s1. The van der Waals surface area contributed by atoms with Gasteiger partial charge in [-0.1, -0.05) is 32.4 Å². The molecule has 0 spiro atoms. The van der Waals surface area contributed by atoms with Gasteiger partial charge in [0.05, 0.1) is 25.3 Å². The topological polar surface area (TPSA) is 113 Å². The third-order valence-corrected chi connectivity index (χ3v) is 13.8. The van der Waals surface area contributed by atoms with Crippen LogP contribution in [0, 0.1) is 46.3 Å². The number of hydrogen-bond donors (Lipinski definition) is 1. The van der Waals surface area contributed by atoms with E-state index in [-0.39, 0.29) is 76.6 Å². The summed E-state index contributed by atoms with van der Waals surface area (Å²) in [5.74, 6) is 0.900. The van der Waals surface area contributed by atoms with Crippen molar-refractivity contribution in [3.05, 3.63) is 35.5 Å². The van der Waals surface area contributed by atoms with Crippen LogP contribution < -0.4 is 5.32 Å². The highest BCUT2D eigenvalue weighted by atomic mass is 35.5. The molecule has 6 rings (SSSR count). The van der Waals surface area contributed by atoms with Crippen molar-refractivity contribution in [3.63, 3.8) is 0 Å². The first-order chi connectivity index (χ1) is 23.8. The molecule has 0 unspecified atom stereocenters. The van der Waals surface area contributed by atoms with E-state index in [4.69, 9.17) is 30.5 Å². The smallest absolute Gasteiger partial charge is 0.305 e. The molecule has 2 aromatic rings. The first-order valence-electron chi connectivity index (χ1n) is 18.7. The number of nitrogens with one attached hydrogen (secondary N) is 1. The van der Waals surface area contributed by atoms with Crippen molar-refractivity contribution in [3.8, 4) is 0 Å². The van der Waals surface area contributed by atoms with Crippen LogP contribution in [0.1, 0.15) is 92.4 Å². The van der Waals surface area contributed by atoms with Crippen molar-refractivity contribution in [2.24, 2.45) is 46.3 Å². The van der Waals surface area contributed by atoms with Gasteiger partial charge in [0.2, 0.25) is 0 Å². The normalized spacial score (nSPS) is 35.3. The molecular formula is C40H55ClN2O7. The van der Waals surface area contributed by atoms with E-state index in [1.807, 2.05) is 24.3 Å². The number of carbonyl (C=O) groups is 3. The molecule has 1 aromatic carbocycles. The van der Waals surface area contributed by atoms with E-state index in [0.29, 0.717) is 30.5 Å². The van der Waals surface area contributed by atoms with Gasteiger partial charge in [0.15, 0.2) is 0 Å². The minimum Gasteiger partial charge on any atom is -0.469 e. The van der Waals surface area contributed by atoms with Gasteiger partial charge < -0.3 is 24.3 Å². The number of ether oxygens (including phenoxy) is 4. The Labute approximate surface area is 301 Å². The van der Waals surface area contributed by atoms with Crippen LogP contribution >= 0.6 is 11.6 Å². The third kappa shape index (κ3) is 7.10. The molecule has 0 amide bonds. The fraction of sp³-hybridized carbons (Fsp3) is 0.700. The number of rotatable bonds is 11. The lowest BCUT2D eigenvalue weighted by atomic mass is 9.43. The molecule has 50 heavy (non-hydrogen) atoms. The molecule has 1 N–H and O–H groups in total. The number of nitrogens with zero attached hydrogens (tertiary/aromatic N) is 1. The number of aromatic nitrogens is 1. The Morgan fingerprint density at radius 1 is 1.02 bits per heavy atom. The summed E-state index contributed by atoms with van der Waals surface area (Å²) in [4.78, 5) is 41.8. The van der Waals surface area contributed by atoms with Crippen LogP contribution in [0.5, 0.6) is 0 Å². The van der Waals surface area contributed by atoms with E-state index < -0.39 is 0 Å². The van der Waals surface area contributed by atoms with Crippen molar-refractivity contribution >= 4 is 46.1 Å². The van der Waals surface area contributed by atoms with Crippen LogP contribution in [-0.4, -0.2) is 61.5 Å². The first-order valence-corrected chi connectivity index (χ1v) is 19.0. The van der Waals surface area contributed by atoms with Gasteiger partial charge in [-0.2, -0.15) is 0 Å². The van der Waals surface area contributed by atoms with E-state index in [0.717, 1.165) is 68.0 Å². The number of hydrogen-bond acceptors (Lipinski definition) is 9. The van der Waals surface area contributed by atoms with Gasteiger partial charge in [-0.05, 0) is 111 Å². The van der Waals surface area contributed by atoms with Crippen LogP contribution in [0.15, 0.2) is 30.5 Å². The fourth-order valence-corrected chi connectivity index (χ4v) is 11.4. The zero-order valence-corrected chi connectivity index (χ0v) is 31.3. The Morgan fingerprint density at radius 2 is 1.80 bits per heavy atom. The van der Waals surface area contributed by atoms with Crippen molar-refractivity contribution in [2.75, 3.05) is 25.6 Å². The maximum absolute atomic E-state index is 12.7. The quantitative estimate of drug-likeness (QED) is 0.141. The number of anilines is 1. The first kappa shape index (κ1) is 36.9. The Balaban J connectivity index is 1.17. The van der Waals surface area contributed by atoms with Crippen LogP contribution in [-0.2, 0) is 33.3 Å². The average Bonchev–Trinajstić information content (AvgIpc) is 3.43. The van der Waals surface area contributed by atoms with Crippen molar-refractivity contribution < 1.29 is 33.3 Å². The number of halogens is 1. The second kappa shape index (κ2) is 15.0. The highest BCUT2D eigenvalue weighted by Crippen LogP contribution is 2.69. The fourth-order valence-electron chi connectivity index (χ4n) is 11.3. The molecule has 0 bridgehead atoms. The van der Waals surface area contributed by atoms with Gasteiger partial charge in [0, 0.05) is 60.4 Å². The van der Waals surface area contributed by atoms with Gasteiger partial charge in [-0.15, -0.1) is 0 Å². The lowest BCUT2D eigenvalue weighted by Gasteiger charge is -2.64. The van der Waals surface area contributed by atoms with E-state index in [2.05, 4.69) is 31.1 Å². The van der Waals surface area contributed by atoms with Crippen LogP contribution in [0.2, 0.25) is 5.02 Å². The van der Waals surface area contributed by atoms with Crippen molar-refractivity contribution in [2.45, 2.75) is 111 Å². The molecule has 9 nitrogen and oxygen atoms in total. The van der Waals surface area contributed by atoms with E-state index in [9.17, 15) is 14.4 Å². The van der Waals surface area contributed by atoms with Gasteiger partial charge in [0.1, 0.15) is 12.2 Å². The number of fused-ring (bicyclic) bond motifs is 6. The van der Waals surface area contributed by atoms with Crippen LogP contribution in [0.4, 0.5) is 5.69 Å². The largest absolute Gasteiger partial charge is 0.469 e. The summed E-state index contributed by atoms with van der Waals surface area (Å²) in [5, 5.41) is 5.21. The molecule has 0 radical (unpaired) electrons. The maximum Gasteiger partial charge on any atom is 0.305 e. The molecule has 4 saturated carbocycles. The van der Waals surface area contributed by atoms with Crippen LogP contribution in [0.25, 0.3) is 10.9 Å². The minimum absolute atomic E-state index is 0.0188. The van der Waals surface area contributed by atoms with Gasteiger partial charge in [-0.25, -0.2) is 0 Å². The molecule has 4 fully saturated rings. The van der Waals surface area contributed by atoms with Gasteiger partial charge >= 0.3 is 17.9 Å². The molecule has 4 aliphatic carbocycles. The molecule has 0 saturated heterocycles. The predicted molar refractivity (Wildman–Crippen MR) is 192 cm³/mol. The van der Waals surface area contributed by atoms with Gasteiger partial charge in [-0.3, -0.25) is 19.4 Å². The third-order valence-electron chi connectivity index (χ3n) is 13.6. The van der Waals surface area contributed by atoms with E-state index >= 15 is 0 Å². The highest BCUT2D eigenvalue weighted by molar-refractivity contribution is 6.31. The van der Waals surface area contributed by atoms with E-state index in [1.54, 1.807) is 6.20 Å². The summed E-state index contributed by atoms with van der Waals surface area (Å²) < 4.78 is 24.0. The zero-order chi connectivity index (χ0) is 35.8. The predicted octanol–water partition coefficient (Wildman–Crippen LogP) is 8.02. The zero-order valence-electron chi connectivity index (χ0n) is 30.5. The average molecular weight is 711 g/mol. The molecule has 11 atom stereocenters. The summed E-state index contributed by atoms with van der Waals surface area (Å²) in [6.07, 6.45) is 9.13. The Bertz CT molecular complexity index is 1570. The molecule has 10 heteroatoms. The molecular weight excluding hydrogens is 656 g/mol. The van der Waals surface area contributed by atoms with Gasteiger partial charge in [0.25, 0.3) is 0 Å². The monoisotopic (exact) mass is 710 g/mol. The van der Waals surface area contributed by atoms with Crippen molar-refractivity contribution in [1.82, 2.24) is 4.98 Å². The highest BCUT2D eigenvalue weighted by Gasteiger charge is 2.67. The summed E-state index contributed by atoms with van der Waals surface area (Å²) in [5.41, 5.74) is 1.61. The number of esters is 3. The van der Waals surface area contributed by atoms with E-state index in [1.165, 1.54) is 21.0 Å². The Hall–Kier alpha value is -2.91. The molecule has 274 valence electrons. The minimum atomic E-state index is -0.274.